The highest BCUT2D eigenvalue weighted by atomic mass is 13.8. The summed E-state index contributed by atoms with van der Waals surface area (Å²) in [4.78, 5) is 0. The highest BCUT2D eigenvalue weighted by Gasteiger charge is 1.77. The Bertz CT molecular complexity index is 138. The van der Waals surface area contributed by atoms with E-state index in [0.717, 1.165) is 6.42 Å². The van der Waals surface area contributed by atoms with Gasteiger partial charge in [0.25, 0.3) is 0 Å². The normalized spacial score (nSPS) is 12.4. The van der Waals surface area contributed by atoms with E-state index in [0.29, 0.717) is 0 Å². The molecular formula is C10H15. The summed E-state index contributed by atoms with van der Waals surface area (Å²) in [6.07, 6.45) is 11.1. The van der Waals surface area contributed by atoms with Gasteiger partial charge in [-0.05, 0) is 19.8 Å². The molecular weight excluding hydrogens is 120 g/mol. The first-order valence-electron chi connectivity index (χ1n) is 3.55. The van der Waals surface area contributed by atoms with Gasteiger partial charge in [0, 0.05) is 0 Å². The van der Waals surface area contributed by atoms with Crippen molar-refractivity contribution >= 4 is 0 Å². The van der Waals surface area contributed by atoms with E-state index in [1.165, 1.54) is 5.57 Å². The van der Waals surface area contributed by atoms with Gasteiger partial charge in [-0.15, -0.1) is 6.58 Å². The van der Waals surface area contributed by atoms with Crippen molar-refractivity contribution in [2.45, 2.75) is 20.3 Å². The summed E-state index contributed by atoms with van der Waals surface area (Å²) in [5.41, 5.74) is 1.29. The number of rotatable bonds is 4. The van der Waals surface area contributed by atoms with Gasteiger partial charge >= 0.3 is 0 Å². The molecule has 0 nitrogen and oxygen atoms in total. The molecule has 0 amide bonds. The zero-order valence-electron chi connectivity index (χ0n) is 6.80. The van der Waals surface area contributed by atoms with Gasteiger partial charge in [-0.1, -0.05) is 36.8 Å². The predicted molar refractivity (Wildman–Crippen MR) is 47.7 cm³/mol. The van der Waals surface area contributed by atoms with Crippen LogP contribution in [0.15, 0.2) is 36.5 Å². The van der Waals surface area contributed by atoms with E-state index in [1.807, 2.05) is 25.5 Å². The number of hydrogen-bond donors (Lipinski definition) is 0. The molecule has 0 aromatic rings. The van der Waals surface area contributed by atoms with Crippen LogP contribution in [-0.4, -0.2) is 0 Å². The fourth-order valence-corrected chi connectivity index (χ4v) is 0.585. The first-order chi connectivity index (χ1) is 4.81. The van der Waals surface area contributed by atoms with Crippen LogP contribution < -0.4 is 0 Å². The Morgan fingerprint density at radius 2 is 2.20 bits per heavy atom. The third kappa shape index (κ3) is 5.36. The van der Waals surface area contributed by atoms with Crippen molar-refractivity contribution in [1.82, 2.24) is 0 Å². The molecule has 0 aromatic carbocycles. The molecule has 0 heterocycles. The van der Waals surface area contributed by atoms with E-state index < -0.39 is 0 Å². The van der Waals surface area contributed by atoms with Crippen LogP contribution in [0, 0.1) is 6.42 Å². The molecule has 0 atom stereocenters. The van der Waals surface area contributed by atoms with Crippen LogP contribution in [0.25, 0.3) is 0 Å². The third-order valence-corrected chi connectivity index (χ3v) is 1.16. The Balaban J connectivity index is 3.69. The molecule has 0 aliphatic rings. The van der Waals surface area contributed by atoms with Gasteiger partial charge < -0.3 is 0 Å². The molecule has 0 spiro atoms. The summed E-state index contributed by atoms with van der Waals surface area (Å²) in [6, 6.07) is 0. The van der Waals surface area contributed by atoms with Crippen LogP contribution in [0.3, 0.4) is 0 Å². The largest absolute Gasteiger partial charge is 0.103 e. The van der Waals surface area contributed by atoms with Crippen LogP contribution in [0.1, 0.15) is 20.3 Å². The minimum atomic E-state index is 0.958. The SMILES string of the molecule is C=CC/C=C(C)\C=C/[CH]C. The van der Waals surface area contributed by atoms with Crippen molar-refractivity contribution < 1.29 is 0 Å². The first kappa shape index (κ1) is 9.22. The fraction of sp³-hybridized carbons (Fsp3) is 0.300. The second kappa shape index (κ2) is 6.34. The van der Waals surface area contributed by atoms with Crippen LogP contribution >= 0.6 is 0 Å². The average Bonchev–Trinajstić information content (AvgIpc) is 1.97. The fourth-order valence-electron chi connectivity index (χ4n) is 0.585. The maximum atomic E-state index is 3.64. The Morgan fingerprint density at radius 3 is 2.70 bits per heavy atom. The Kier molecular flexibility index (Phi) is 5.85. The van der Waals surface area contributed by atoms with Gasteiger partial charge in [-0.25, -0.2) is 0 Å². The highest BCUT2D eigenvalue weighted by Crippen LogP contribution is 1.97. The molecule has 10 heavy (non-hydrogen) atoms. The number of hydrogen-bond acceptors (Lipinski definition) is 0. The molecule has 0 fully saturated rings. The van der Waals surface area contributed by atoms with E-state index >= 15 is 0 Å². The Labute approximate surface area is 64.0 Å². The maximum absolute atomic E-state index is 3.64. The van der Waals surface area contributed by atoms with Crippen LogP contribution in [0.5, 0.6) is 0 Å². The van der Waals surface area contributed by atoms with Crippen molar-refractivity contribution in [2.24, 2.45) is 0 Å². The van der Waals surface area contributed by atoms with Gasteiger partial charge in [0.2, 0.25) is 0 Å². The van der Waals surface area contributed by atoms with E-state index in [4.69, 9.17) is 0 Å². The lowest BCUT2D eigenvalue weighted by Gasteiger charge is -1.87. The summed E-state index contributed by atoms with van der Waals surface area (Å²) in [6.45, 7) is 7.73. The molecule has 0 aliphatic heterocycles. The maximum Gasteiger partial charge on any atom is -0.0166 e. The summed E-state index contributed by atoms with van der Waals surface area (Å²) in [7, 11) is 0. The molecule has 0 aromatic heterocycles. The predicted octanol–water partition coefficient (Wildman–Crippen LogP) is 3.29. The van der Waals surface area contributed by atoms with E-state index in [9.17, 15) is 0 Å². The molecule has 55 valence electrons. The average molecular weight is 135 g/mol. The monoisotopic (exact) mass is 135 g/mol. The molecule has 0 bridgehead atoms. The second-order valence-electron chi connectivity index (χ2n) is 2.16. The zero-order chi connectivity index (χ0) is 7.82. The van der Waals surface area contributed by atoms with Crippen LogP contribution in [-0.2, 0) is 0 Å². The highest BCUT2D eigenvalue weighted by molar-refractivity contribution is 5.18. The van der Waals surface area contributed by atoms with E-state index in [-0.39, 0.29) is 0 Å². The second-order valence-corrected chi connectivity index (χ2v) is 2.16. The molecule has 0 rings (SSSR count). The summed E-state index contributed by atoms with van der Waals surface area (Å²) >= 11 is 0. The van der Waals surface area contributed by atoms with Crippen molar-refractivity contribution in [3.8, 4) is 0 Å². The van der Waals surface area contributed by atoms with Crippen molar-refractivity contribution in [2.75, 3.05) is 0 Å². The van der Waals surface area contributed by atoms with Gasteiger partial charge in [-0.2, -0.15) is 0 Å². The summed E-state index contributed by atoms with van der Waals surface area (Å²) < 4.78 is 0. The molecule has 0 heteroatoms. The smallest absolute Gasteiger partial charge is 0.0166 e. The standard InChI is InChI=1S/C10H15/c1-4-6-8-10(3)9-7-5-2/h4-5,7-9H,1,6H2,2-3H3/b9-7-,10-8-. The minimum absolute atomic E-state index is 0.958. The topological polar surface area (TPSA) is 0 Å². The van der Waals surface area contributed by atoms with Crippen molar-refractivity contribution in [1.29, 1.82) is 0 Å². The molecule has 0 saturated carbocycles. The van der Waals surface area contributed by atoms with Crippen LogP contribution in [0.2, 0.25) is 0 Å². The molecule has 0 saturated heterocycles. The van der Waals surface area contributed by atoms with Gasteiger partial charge in [0.05, 0.1) is 0 Å². The summed E-state index contributed by atoms with van der Waals surface area (Å²) in [5, 5.41) is 0. The lowest BCUT2D eigenvalue weighted by atomic mass is 10.2. The van der Waals surface area contributed by atoms with Crippen molar-refractivity contribution in [3.05, 3.63) is 42.9 Å². The zero-order valence-corrected chi connectivity index (χ0v) is 6.80. The third-order valence-electron chi connectivity index (χ3n) is 1.16. The quantitative estimate of drug-likeness (QED) is 0.410. The Hall–Kier alpha value is -0.780. The van der Waals surface area contributed by atoms with E-state index in [1.54, 1.807) is 0 Å². The summed E-state index contributed by atoms with van der Waals surface area (Å²) in [5.74, 6) is 0. The molecule has 0 aliphatic carbocycles. The lowest BCUT2D eigenvalue weighted by Crippen LogP contribution is -1.67. The molecule has 0 unspecified atom stereocenters. The lowest BCUT2D eigenvalue weighted by molar-refractivity contribution is 1.33. The molecule has 1 radical (unpaired) electrons. The minimum Gasteiger partial charge on any atom is -0.103 e. The Morgan fingerprint density at radius 1 is 1.50 bits per heavy atom. The molecule has 0 N–H and O–H groups in total. The van der Waals surface area contributed by atoms with Gasteiger partial charge in [-0.3, -0.25) is 0 Å². The van der Waals surface area contributed by atoms with Crippen molar-refractivity contribution in [3.63, 3.8) is 0 Å². The van der Waals surface area contributed by atoms with Gasteiger partial charge in [0.15, 0.2) is 0 Å². The van der Waals surface area contributed by atoms with Gasteiger partial charge in [0.1, 0.15) is 0 Å². The van der Waals surface area contributed by atoms with Crippen LogP contribution in [0.4, 0.5) is 0 Å². The number of allylic oxidation sites excluding steroid dienone is 5. The van der Waals surface area contributed by atoms with E-state index in [2.05, 4.69) is 25.7 Å². The first-order valence-corrected chi connectivity index (χ1v) is 3.55.